The van der Waals surface area contributed by atoms with Gasteiger partial charge in [0.1, 0.15) is 5.69 Å². The first kappa shape index (κ1) is 16.2. The predicted molar refractivity (Wildman–Crippen MR) is 82.9 cm³/mol. The van der Waals surface area contributed by atoms with E-state index >= 15 is 0 Å². The molecule has 1 aromatic rings. The molecule has 1 aliphatic heterocycles. The minimum absolute atomic E-state index is 0.104. The largest absolute Gasteiger partial charge is 0.383 e. The maximum absolute atomic E-state index is 12.0. The maximum atomic E-state index is 12.0. The minimum atomic E-state index is -0.207. The van der Waals surface area contributed by atoms with Gasteiger partial charge >= 0.3 is 0 Å². The lowest BCUT2D eigenvalue weighted by Gasteiger charge is -2.35. The molecule has 2 amide bonds. The van der Waals surface area contributed by atoms with Gasteiger partial charge in [0.2, 0.25) is 5.91 Å². The van der Waals surface area contributed by atoms with Gasteiger partial charge < -0.3 is 19.9 Å². The van der Waals surface area contributed by atoms with Crippen molar-refractivity contribution >= 4 is 17.5 Å². The molecule has 0 radical (unpaired) electrons. The molecule has 0 aromatic carbocycles. The summed E-state index contributed by atoms with van der Waals surface area (Å²) in [6.45, 7) is 5.43. The van der Waals surface area contributed by atoms with Crippen LogP contribution in [0.1, 0.15) is 17.4 Å². The van der Waals surface area contributed by atoms with Crippen molar-refractivity contribution in [3.63, 3.8) is 0 Å². The molecule has 1 fully saturated rings. The average Bonchev–Trinajstić information content (AvgIpc) is 2.55. The Balaban J connectivity index is 1.97. The number of amides is 2. The summed E-state index contributed by atoms with van der Waals surface area (Å²) in [6, 6.07) is 3.67. The van der Waals surface area contributed by atoms with Crippen LogP contribution in [0.15, 0.2) is 18.3 Å². The van der Waals surface area contributed by atoms with Crippen LogP contribution in [0.5, 0.6) is 0 Å². The molecular formula is C15H22N4O3. The second-order valence-corrected chi connectivity index (χ2v) is 5.14. The second kappa shape index (κ2) is 7.74. The van der Waals surface area contributed by atoms with Gasteiger partial charge in [-0.15, -0.1) is 0 Å². The Morgan fingerprint density at radius 3 is 2.68 bits per heavy atom. The molecule has 7 nitrogen and oxygen atoms in total. The van der Waals surface area contributed by atoms with E-state index in [-0.39, 0.29) is 11.8 Å². The van der Waals surface area contributed by atoms with E-state index < -0.39 is 0 Å². The molecule has 0 spiro atoms. The first-order valence-electron chi connectivity index (χ1n) is 7.35. The molecule has 1 aliphatic rings. The van der Waals surface area contributed by atoms with Crippen molar-refractivity contribution in [3.05, 3.63) is 24.0 Å². The summed E-state index contributed by atoms with van der Waals surface area (Å²) in [5.74, 6) is -0.103. The molecule has 0 saturated carbocycles. The summed E-state index contributed by atoms with van der Waals surface area (Å²) in [5.41, 5.74) is 1.35. The third-order valence-electron chi connectivity index (χ3n) is 3.66. The summed E-state index contributed by atoms with van der Waals surface area (Å²) in [7, 11) is 1.59. The Morgan fingerprint density at radius 2 is 2.05 bits per heavy atom. The fourth-order valence-electron chi connectivity index (χ4n) is 2.38. The summed E-state index contributed by atoms with van der Waals surface area (Å²) >= 11 is 0. The summed E-state index contributed by atoms with van der Waals surface area (Å²) < 4.78 is 4.90. The van der Waals surface area contributed by atoms with Crippen molar-refractivity contribution in [2.75, 3.05) is 51.3 Å². The first-order chi connectivity index (χ1) is 10.6. The van der Waals surface area contributed by atoms with E-state index in [1.807, 2.05) is 11.0 Å². The molecule has 0 unspecified atom stereocenters. The van der Waals surface area contributed by atoms with Crippen molar-refractivity contribution in [1.29, 1.82) is 0 Å². The Labute approximate surface area is 130 Å². The number of rotatable bonds is 5. The van der Waals surface area contributed by atoms with Crippen LogP contribution >= 0.6 is 0 Å². The van der Waals surface area contributed by atoms with Gasteiger partial charge in [-0.2, -0.15) is 0 Å². The zero-order chi connectivity index (χ0) is 15.9. The van der Waals surface area contributed by atoms with Gasteiger partial charge in [0.15, 0.2) is 0 Å². The summed E-state index contributed by atoms with van der Waals surface area (Å²) in [5, 5.41) is 2.75. The van der Waals surface area contributed by atoms with E-state index in [0.717, 1.165) is 18.8 Å². The smallest absolute Gasteiger partial charge is 0.270 e. The fourth-order valence-corrected chi connectivity index (χ4v) is 2.38. The standard InChI is InChI=1S/C15H22N4O3/c1-12(20)18-6-8-19(9-7-18)13-3-4-16-14(11-13)15(21)17-5-10-22-2/h3-4,11H,5-10H2,1-2H3,(H,17,21). The van der Waals surface area contributed by atoms with Gasteiger partial charge in [-0.05, 0) is 12.1 Å². The van der Waals surface area contributed by atoms with E-state index in [9.17, 15) is 9.59 Å². The molecule has 0 aliphatic carbocycles. The number of hydrogen-bond donors (Lipinski definition) is 1. The maximum Gasteiger partial charge on any atom is 0.270 e. The summed E-state index contributed by atoms with van der Waals surface area (Å²) in [4.78, 5) is 31.4. The van der Waals surface area contributed by atoms with Crippen molar-refractivity contribution in [1.82, 2.24) is 15.2 Å². The molecule has 1 N–H and O–H groups in total. The highest BCUT2D eigenvalue weighted by Gasteiger charge is 2.19. The van der Waals surface area contributed by atoms with Gasteiger partial charge in [0.05, 0.1) is 6.61 Å². The van der Waals surface area contributed by atoms with E-state index in [1.54, 1.807) is 26.3 Å². The monoisotopic (exact) mass is 306 g/mol. The predicted octanol–water partition coefficient (Wildman–Crippen LogP) is 0.126. The zero-order valence-electron chi connectivity index (χ0n) is 13.0. The Kier molecular flexibility index (Phi) is 5.71. The topological polar surface area (TPSA) is 74.8 Å². The summed E-state index contributed by atoms with van der Waals surface area (Å²) in [6.07, 6.45) is 1.64. The Hall–Kier alpha value is -2.15. The van der Waals surface area contributed by atoms with E-state index in [4.69, 9.17) is 4.74 Å². The number of hydrogen-bond acceptors (Lipinski definition) is 5. The number of pyridine rings is 1. The van der Waals surface area contributed by atoms with Crippen LogP contribution in [-0.2, 0) is 9.53 Å². The van der Waals surface area contributed by atoms with Gasteiger partial charge in [-0.3, -0.25) is 14.6 Å². The molecule has 1 aromatic heterocycles. The Bertz CT molecular complexity index is 527. The molecule has 1 saturated heterocycles. The number of methoxy groups -OCH3 is 1. The average molecular weight is 306 g/mol. The number of carbonyl (C=O) groups is 2. The lowest BCUT2D eigenvalue weighted by molar-refractivity contribution is -0.129. The number of piperazine rings is 1. The number of ether oxygens (including phenoxy) is 1. The van der Waals surface area contributed by atoms with Crippen molar-refractivity contribution in [2.45, 2.75) is 6.92 Å². The zero-order valence-corrected chi connectivity index (χ0v) is 13.0. The lowest BCUT2D eigenvalue weighted by Crippen LogP contribution is -2.48. The molecule has 22 heavy (non-hydrogen) atoms. The molecular weight excluding hydrogens is 284 g/mol. The number of carbonyl (C=O) groups excluding carboxylic acids is 2. The van der Waals surface area contributed by atoms with E-state index in [2.05, 4.69) is 15.2 Å². The third-order valence-corrected chi connectivity index (χ3v) is 3.66. The highest BCUT2D eigenvalue weighted by molar-refractivity contribution is 5.93. The second-order valence-electron chi connectivity index (χ2n) is 5.14. The minimum Gasteiger partial charge on any atom is -0.383 e. The fraction of sp³-hybridized carbons (Fsp3) is 0.533. The molecule has 7 heteroatoms. The van der Waals surface area contributed by atoms with E-state index in [1.165, 1.54) is 0 Å². The Morgan fingerprint density at radius 1 is 1.32 bits per heavy atom. The van der Waals surface area contributed by atoms with Crippen LogP contribution in [0, 0.1) is 0 Å². The third kappa shape index (κ3) is 4.17. The van der Waals surface area contributed by atoms with Crippen LogP contribution in [0.3, 0.4) is 0 Å². The SMILES string of the molecule is COCCNC(=O)c1cc(N2CCN(C(C)=O)CC2)ccn1. The molecule has 0 atom stereocenters. The molecule has 2 heterocycles. The van der Waals surface area contributed by atoms with Crippen LogP contribution in [0.25, 0.3) is 0 Å². The van der Waals surface area contributed by atoms with Crippen molar-refractivity contribution in [3.8, 4) is 0 Å². The van der Waals surface area contributed by atoms with E-state index in [0.29, 0.717) is 31.9 Å². The number of nitrogens with zero attached hydrogens (tertiary/aromatic N) is 3. The van der Waals surface area contributed by atoms with Crippen LogP contribution in [0.4, 0.5) is 5.69 Å². The lowest BCUT2D eigenvalue weighted by atomic mass is 10.2. The van der Waals surface area contributed by atoms with Crippen LogP contribution in [-0.4, -0.2) is 68.1 Å². The highest BCUT2D eigenvalue weighted by Crippen LogP contribution is 2.17. The molecule has 0 bridgehead atoms. The normalized spacial score (nSPS) is 14.8. The number of nitrogens with one attached hydrogen (secondary N) is 1. The van der Waals surface area contributed by atoms with Gasteiger partial charge in [0, 0.05) is 58.6 Å². The van der Waals surface area contributed by atoms with Crippen LogP contribution in [0.2, 0.25) is 0 Å². The van der Waals surface area contributed by atoms with Gasteiger partial charge in [0.25, 0.3) is 5.91 Å². The number of aromatic nitrogens is 1. The van der Waals surface area contributed by atoms with Crippen molar-refractivity contribution < 1.29 is 14.3 Å². The number of anilines is 1. The van der Waals surface area contributed by atoms with Crippen LogP contribution < -0.4 is 10.2 Å². The molecule has 120 valence electrons. The van der Waals surface area contributed by atoms with Crippen molar-refractivity contribution in [2.24, 2.45) is 0 Å². The quantitative estimate of drug-likeness (QED) is 0.783. The van der Waals surface area contributed by atoms with Gasteiger partial charge in [-0.25, -0.2) is 0 Å². The first-order valence-corrected chi connectivity index (χ1v) is 7.35. The van der Waals surface area contributed by atoms with Gasteiger partial charge in [-0.1, -0.05) is 0 Å². The molecule has 2 rings (SSSR count). The highest BCUT2D eigenvalue weighted by atomic mass is 16.5.